The van der Waals surface area contributed by atoms with Gasteiger partial charge in [-0.25, -0.2) is 0 Å². The lowest BCUT2D eigenvalue weighted by Crippen LogP contribution is -2.27. The summed E-state index contributed by atoms with van der Waals surface area (Å²) in [7, 11) is 0. The quantitative estimate of drug-likeness (QED) is 0.699. The summed E-state index contributed by atoms with van der Waals surface area (Å²) < 4.78 is 0. The zero-order valence-electron chi connectivity index (χ0n) is 15.4. The monoisotopic (exact) mass is 342 g/mol. The molecular weight excluding hydrogens is 312 g/mol. The maximum atomic E-state index is 12.3. The summed E-state index contributed by atoms with van der Waals surface area (Å²) in [6.45, 7) is 5.55. The van der Waals surface area contributed by atoms with Gasteiger partial charge >= 0.3 is 0 Å². The number of carbonyl (C=O) groups excluding carboxylic acids is 2. The van der Waals surface area contributed by atoms with Gasteiger partial charge < -0.3 is 10.6 Å². The number of allylic oxidation sites excluding steroid dienone is 1. The predicted molar refractivity (Wildman–Crippen MR) is 102 cm³/mol. The van der Waals surface area contributed by atoms with E-state index in [1.165, 1.54) is 18.4 Å². The van der Waals surface area contributed by atoms with Crippen LogP contribution in [0.4, 0.5) is 0 Å². The minimum absolute atomic E-state index is 0.117. The highest BCUT2D eigenvalue weighted by molar-refractivity contribution is 5.99. The Kier molecular flexibility index (Phi) is 7.71. The number of hydrogen-bond acceptors (Lipinski definition) is 2. The molecule has 0 saturated carbocycles. The van der Waals surface area contributed by atoms with Crippen LogP contribution in [0.1, 0.15) is 73.1 Å². The van der Waals surface area contributed by atoms with Crippen molar-refractivity contribution >= 4 is 11.8 Å². The number of benzene rings is 1. The average molecular weight is 342 g/mol. The van der Waals surface area contributed by atoms with Crippen molar-refractivity contribution in [3.63, 3.8) is 0 Å². The van der Waals surface area contributed by atoms with E-state index >= 15 is 0 Å². The molecule has 2 N–H and O–H groups in total. The van der Waals surface area contributed by atoms with Crippen molar-refractivity contribution in [3.8, 4) is 0 Å². The van der Waals surface area contributed by atoms with Crippen molar-refractivity contribution in [2.45, 2.75) is 52.4 Å². The number of amides is 2. The van der Waals surface area contributed by atoms with Crippen LogP contribution in [-0.4, -0.2) is 24.9 Å². The predicted octanol–water partition coefficient (Wildman–Crippen LogP) is 4.08. The van der Waals surface area contributed by atoms with Crippen molar-refractivity contribution in [3.05, 3.63) is 47.0 Å². The summed E-state index contributed by atoms with van der Waals surface area (Å²) in [6, 6.07) is 6.92. The van der Waals surface area contributed by atoms with Crippen LogP contribution in [0.15, 0.2) is 35.9 Å². The van der Waals surface area contributed by atoms with Gasteiger partial charge in [0.25, 0.3) is 11.8 Å². The molecule has 2 amide bonds. The van der Waals surface area contributed by atoms with Gasteiger partial charge in [-0.2, -0.15) is 0 Å². The number of hydrogen-bond donors (Lipinski definition) is 2. The number of rotatable bonds is 8. The smallest absolute Gasteiger partial charge is 0.251 e. The summed E-state index contributed by atoms with van der Waals surface area (Å²) in [5.74, 6) is 0.313. The topological polar surface area (TPSA) is 58.2 Å². The van der Waals surface area contributed by atoms with E-state index in [-0.39, 0.29) is 11.8 Å². The SMILES string of the molecule is CC(C)CCNC(=O)c1cccc(C(=O)NCCC2=CCCCC2)c1. The van der Waals surface area contributed by atoms with Gasteiger partial charge in [0, 0.05) is 24.2 Å². The van der Waals surface area contributed by atoms with E-state index in [1.807, 2.05) is 0 Å². The van der Waals surface area contributed by atoms with E-state index in [1.54, 1.807) is 24.3 Å². The van der Waals surface area contributed by atoms with Crippen LogP contribution in [0.5, 0.6) is 0 Å². The molecule has 0 bridgehead atoms. The second-order valence-corrected chi connectivity index (χ2v) is 7.13. The maximum Gasteiger partial charge on any atom is 0.251 e. The molecule has 0 aromatic heterocycles. The summed E-state index contributed by atoms with van der Waals surface area (Å²) >= 11 is 0. The third-order valence-electron chi connectivity index (χ3n) is 4.51. The van der Waals surface area contributed by atoms with Gasteiger partial charge in [-0.1, -0.05) is 31.6 Å². The van der Waals surface area contributed by atoms with Crippen molar-refractivity contribution in [2.75, 3.05) is 13.1 Å². The second-order valence-electron chi connectivity index (χ2n) is 7.13. The van der Waals surface area contributed by atoms with Gasteiger partial charge in [0.05, 0.1) is 0 Å². The summed E-state index contributed by atoms with van der Waals surface area (Å²) in [5, 5.41) is 5.86. The van der Waals surface area contributed by atoms with E-state index in [0.717, 1.165) is 25.7 Å². The van der Waals surface area contributed by atoms with E-state index < -0.39 is 0 Å². The van der Waals surface area contributed by atoms with Crippen LogP contribution in [0, 0.1) is 5.92 Å². The molecule has 25 heavy (non-hydrogen) atoms. The Morgan fingerprint density at radius 2 is 1.72 bits per heavy atom. The second kappa shape index (κ2) is 10.0. The molecule has 4 nitrogen and oxygen atoms in total. The lowest BCUT2D eigenvalue weighted by Gasteiger charge is -2.13. The van der Waals surface area contributed by atoms with Gasteiger partial charge in [-0.3, -0.25) is 9.59 Å². The lowest BCUT2D eigenvalue weighted by molar-refractivity contribution is 0.0951. The highest BCUT2D eigenvalue weighted by Crippen LogP contribution is 2.19. The van der Waals surface area contributed by atoms with Crippen molar-refractivity contribution in [1.82, 2.24) is 10.6 Å². The van der Waals surface area contributed by atoms with Crippen LogP contribution in [0.25, 0.3) is 0 Å². The molecule has 0 saturated heterocycles. The van der Waals surface area contributed by atoms with Crippen LogP contribution in [0.3, 0.4) is 0 Å². The van der Waals surface area contributed by atoms with Crippen LogP contribution < -0.4 is 10.6 Å². The van der Waals surface area contributed by atoms with Crippen LogP contribution in [-0.2, 0) is 0 Å². The fourth-order valence-electron chi connectivity index (χ4n) is 2.95. The molecule has 0 unspecified atom stereocenters. The Morgan fingerprint density at radius 3 is 2.32 bits per heavy atom. The number of nitrogens with one attached hydrogen (secondary N) is 2. The highest BCUT2D eigenvalue weighted by Gasteiger charge is 2.11. The summed E-state index contributed by atoms with van der Waals surface area (Å²) in [6.07, 6.45) is 9.02. The first-order valence-corrected chi connectivity index (χ1v) is 9.40. The first-order chi connectivity index (χ1) is 12.1. The molecule has 0 spiro atoms. The third kappa shape index (κ3) is 6.73. The van der Waals surface area contributed by atoms with E-state index in [4.69, 9.17) is 0 Å². The largest absolute Gasteiger partial charge is 0.352 e. The van der Waals surface area contributed by atoms with Crippen LogP contribution >= 0.6 is 0 Å². The van der Waals surface area contributed by atoms with Gasteiger partial charge in [0.1, 0.15) is 0 Å². The first kappa shape index (κ1) is 19.2. The fourth-order valence-corrected chi connectivity index (χ4v) is 2.95. The normalized spacial score (nSPS) is 14.1. The molecule has 1 aromatic carbocycles. The Balaban J connectivity index is 1.83. The number of carbonyl (C=O) groups is 2. The summed E-state index contributed by atoms with van der Waals surface area (Å²) in [4.78, 5) is 24.5. The Labute approximate surface area is 151 Å². The molecule has 0 atom stereocenters. The van der Waals surface area contributed by atoms with Gasteiger partial charge in [-0.05, 0) is 62.6 Å². The zero-order valence-corrected chi connectivity index (χ0v) is 15.4. The molecule has 4 heteroatoms. The Bertz CT molecular complexity index is 620. The standard InChI is InChI=1S/C21H30N2O2/c1-16(2)11-13-22-20(24)18-9-6-10-19(15-18)21(25)23-14-12-17-7-4-3-5-8-17/h6-7,9-10,15-16H,3-5,8,11-14H2,1-2H3,(H,22,24)(H,23,25). The lowest BCUT2D eigenvalue weighted by atomic mass is 9.97. The van der Waals surface area contributed by atoms with Gasteiger partial charge in [0.2, 0.25) is 0 Å². The Morgan fingerprint density at radius 1 is 1.04 bits per heavy atom. The van der Waals surface area contributed by atoms with Crippen molar-refractivity contribution < 1.29 is 9.59 Å². The molecule has 0 heterocycles. The molecule has 136 valence electrons. The highest BCUT2D eigenvalue weighted by atomic mass is 16.2. The fraction of sp³-hybridized carbons (Fsp3) is 0.524. The Hall–Kier alpha value is -2.10. The minimum atomic E-state index is -0.123. The molecular formula is C21H30N2O2. The molecule has 1 aromatic rings. The summed E-state index contributed by atoms with van der Waals surface area (Å²) in [5.41, 5.74) is 2.52. The van der Waals surface area contributed by atoms with E-state index in [0.29, 0.717) is 30.1 Å². The van der Waals surface area contributed by atoms with Crippen molar-refractivity contribution in [2.24, 2.45) is 5.92 Å². The maximum absolute atomic E-state index is 12.3. The van der Waals surface area contributed by atoms with Gasteiger partial charge in [-0.15, -0.1) is 0 Å². The molecule has 2 rings (SSSR count). The van der Waals surface area contributed by atoms with E-state index in [9.17, 15) is 9.59 Å². The molecule has 0 radical (unpaired) electrons. The average Bonchev–Trinajstić information content (AvgIpc) is 2.62. The molecule has 0 fully saturated rings. The van der Waals surface area contributed by atoms with Gasteiger partial charge in [0.15, 0.2) is 0 Å². The van der Waals surface area contributed by atoms with Crippen molar-refractivity contribution in [1.29, 1.82) is 0 Å². The zero-order chi connectivity index (χ0) is 18.1. The molecule has 0 aliphatic heterocycles. The third-order valence-corrected chi connectivity index (χ3v) is 4.51. The first-order valence-electron chi connectivity index (χ1n) is 9.40. The molecule has 1 aliphatic carbocycles. The van der Waals surface area contributed by atoms with Crippen LogP contribution in [0.2, 0.25) is 0 Å². The minimum Gasteiger partial charge on any atom is -0.352 e. The molecule has 1 aliphatic rings. The van der Waals surface area contributed by atoms with E-state index in [2.05, 4.69) is 30.6 Å².